The van der Waals surface area contributed by atoms with Crippen molar-refractivity contribution in [2.45, 2.75) is 13.0 Å². The Kier molecular flexibility index (Phi) is 4.88. The minimum absolute atomic E-state index is 0.248. The number of rotatable bonds is 4. The van der Waals surface area contributed by atoms with E-state index in [0.29, 0.717) is 15.8 Å². The molecule has 2 rings (SSSR count). The highest BCUT2D eigenvalue weighted by Gasteiger charge is 2.16. The number of hydrogen-bond acceptors (Lipinski definition) is 2. The Morgan fingerprint density at radius 1 is 1.15 bits per heavy atom. The molecule has 0 heterocycles. The van der Waals surface area contributed by atoms with Crippen LogP contribution in [-0.2, 0) is 4.79 Å². The van der Waals surface area contributed by atoms with Crippen molar-refractivity contribution in [3.63, 3.8) is 0 Å². The average Bonchev–Trinajstić information content (AvgIpc) is 2.43. The van der Waals surface area contributed by atoms with E-state index in [1.807, 2.05) is 18.2 Å². The second-order valence-corrected chi connectivity index (χ2v) is 5.03. The summed E-state index contributed by atoms with van der Waals surface area (Å²) in [6, 6.07) is 14.0. The van der Waals surface area contributed by atoms with Gasteiger partial charge in [-0.1, -0.05) is 41.4 Å². The maximum atomic E-state index is 12.0. The molecule has 0 saturated carbocycles. The number of carbonyl (C=O) groups excluding carboxylic acids is 1. The van der Waals surface area contributed by atoms with Crippen LogP contribution in [0, 0.1) is 0 Å². The summed E-state index contributed by atoms with van der Waals surface area (Å²) in [4.78, 5) is 12.0. The molecule has 0 aromatic heterocycles. The van der Waals surface area contributed by atoms with E-state index in [1.165, 1.54) is 0 Å². The van der Waals surface area contributed by atoms with E-state index in [1.54, 1.807) is 37.3 Å². The number of amides is 1. The molecule has 0 radical (unpaired) electrons. The van der Waals surface area contributed by atoms with E-state index >= 15 is 0 Å². The van der Waals surface area contributed by atoms with Crippen LogP contribution in [0.3, 0.4) is 0 Å². The van der Waals surface area contributed by atoms with E-state index in [0.717, 1.165) is 5.69 Å². The number of carbonyl (C=O) groups is 1. The van der Waals surface area contributed by atoms with Crippen LogP contribution in [0.1, 0.15) is 6.92 Å². The van der Waals surface area contributed by atoms with Gasteiger partial charge in [0.25, 0.3) is 5.91 Å². The summed E-state index contributed by atoms with van der Waals surface area (Å²) in [5.74, 6) is 0.175. The van der Waals surface area contributed by atoms with Crippen molar-refractivity contribution >= 4 is 34.8 Å². The second kappa shape index (κ2) is 6.64. The van der Waals surface area contributed by atoms with E-state index in [9.17, 15) is 4.79 Å². The molecule has 2 aromatic rings. The fourth-order valence-corrected chi connectivity index (χ4v) is 2.03. The third kappa shape index (κ3) is 3.89. The third-order valence-corrected chi connectivity index (χ3v) is 3.14. The van der Waals surface area contributed by atoms with E-state index in [4.69, 9.17) is 27.9 Å². The zero-order valence-corrected chi connectivity index (χ0v) is 12.3. The van der Waals surface area contributed by atoms with Gasteiger partial charge in [-0.05, 0) is 37.3 Å². The highest BCUT2D eigenvalue weighted by atomic mass is 35.5. The molecule has 1 atom stereocenters. The van der Waals surface area contributed by atoms with E-state index in [2.05, 4.69) is 5.32 Å². The van der Waals surface area contributed by atoms with Gasteiger partial charge in [0, 0.05) is 10.7 Å². The molecule has 0 saturated heterocycles. The average molecular weight is 310 g/mol. The van der Waals surface area contributed by atoms with Gasteiger partial charge in [-0.2, -0.15) is 0 Å². The molecule has 1 amide bonds. The van der Waals surface area contributed by atoms with Gasteiger partial charge in [-0.25, -0.2) is 0 Å². The van der Waals surface area contributed by atoms with Crippen LogP contribution >= 0.6 is 23.2 Å². The highest BCUT2D eigenvalue weighted by molar-refractivity contribution is 6.35. The van der Waals surface area contributed by atoms with Crippen molar-refractivity contribution in [3.05, 3.63) is 58.6 Å². The first-order chi connectivity index (χ1) is 9.56. The Hall–Kier alpha value is -1.71. The number of para-hydroxylation sites is 1. The van der Waals surface area contributed by atoms with Gasteiger partial charge < -0.3 is 10.1 Å². The predicted octanol–water partition coefficient (Wildman–Crippen LogP) is 4.40. The van der Waals surface area contributed by atoms with Crippen LogP contribution in [0.2, 0.25) is 10.0 Å². The molecular formula is C15H13Cl2NO2. The molecule has 104 valence electrons. The van der Waals surface area contributed by atoms with Gasteiger partial charge in [0.2, 0.25) is 0 Å². The summed E-state index contributed by atoms with van der Waals surface area (Å²) in [5.41, 5.74) is 0.718. The lowest BCUT2D eigenvalue weighted by Gasteiger charge is -2.15. The Labute approximate surface area is 127 Å². The summed E-state index contributed by atoms with van der Waals surface area (Å²) >= 11 is 11.8. The molecule has 0 spiro atoms. The van der Waals surface area contributed by atoms with Crippen molar-refractivity contribution in [3.8, 4) is 5.75 Å². The third-order valence-electron chi connectivity index (χ3n) is 2.61. The fourth-order valence-electron chi connectivity index (χ4n) is 1.58. The summed E-state index contributed by atoms with van der Waals surface area (Å²) in [6.45, 7) is 1.66. The van der Waals surface area contributed by atoms with Crippen molar-refractivity contribution in [2.75, 3.05) is 5.32 Å². The molecule has 1 N–H and O–H groups in total. The van der Waals surface area contributed by atoms with Gasteiger partial charge in [-0.3, -0.25) is 4.79 Å². The summed E-state index contributed by atoms with van der Waals surface area (Å²) < 4.78 is 5.53. The zero-order valence-electron chi connectivity index (χ0n) is 10.8. The van der Waals surface area contributed by atoms with Crippen LogP contribution in [-0.4, -0.2) is 12.0 Å². The summed E-state index contributed by atoms with van der Waals surface area (Å²) in [5, 5.41) is 3.65. The van der Waals surface area contributed by atoms with Gasteiger partial charge in [0.15, 0.2) is 6.10 Å². The molecule has 0 unspecified atom stereocenters. The van der Waals surface area contributed by atoms with Gasteiger partial charge in [0.1, 0.15) is 5.75 Å². The molecular weight excluding hydrogens is 297 g/mol. The molecule has 0 fully saturated rings. The molecule has 2 aromatic carbocycles. The maximum Gasteiger partial charge on any atom is 0.265 e. The number of benzene rings is 2. The first-order valence-electron chi connectivity index (χ1n) is 6.04. The molecule has 0 aliphatic carbocycles. The number of halogens is 2. The number of anilines is 1. The lowest BCUT2D eigenvalue weighted by molar-refractivity contribution is -0.122. The first kappa shape index (κ1) is 14.7. The Morgan fingerprint density at radius 3 is 2.50 bits per heavy atom. The quantitative estimate of drug-likeness (QED) is 0.909. The first-order valence-corrected chi connectivity index (χ1v) is 6.79. The van der Waals surface area contributed by atoms with Gasteiger partial charge in [-0.15, -0.1) is 0 Å². The van der Waals surface area contributed by atoms with E-state index in [-0.39, 0.29) is 5.91 Å². The SMILES string of the molecule is C[C@H](Oc1ccc(Cl)cc1Cl)C(=O)Nc1ccccc1. The summed E-state index contributed by atoms with van der Waals surface area (Å²) in [6.07, 6.45) is -0.672. The zero-order chi connectivity index (χ0) is 14.5. The second-order valence-electron chi connectivity index (χ2n) is 4.19. The smallest absolute Gasteiger partial charge is 0.265 e. The number of hydrogen-bond donors (Lipinski definition) is 1. The Bertz CT molecular complexity index is 602. The number of ether oxygens (including phenoxy) is 1. The van der Waals surface area contributed by atoms with Gasteiger partial charge in [0.05, 0.1) is 5.02 Å². The van der Waals surface area contributed by atoms with Crippen molar-refractivity contribution < 1.29 is 9.53 Å². The molecule has 20 heavy (non-hydrogen) atoms. The van der Waals surface area contributed by atoms with Crippen LogP contribution in [0.15, 0.2) is 48.5 Å². The van der Waals surface area contributed by atoms with Crippen molar-refractivity contribution in [2.24, 2.45) is 0 Å². The minimum atomic E-state index is -0.672. The molecule has 0 bridgehead atoms. The minimum Gasteiger partial charge on any atom is -0.479 e. The monoisotopic (exact) mass is 309 g/mol. The normalized spacial score (nSPS) is 11.8. The lowest BCUT2D eigenvalue weighted by atomic mass is 10.3. The van der Waals surface area contributed by atoms with Crippen molar-refractivity contribution in [1.29, 1.82) is 0 Å². The van der Waals surface area contributed by atoms with Crippen LogP contribution < -0.4 is 10.1 Å². The van der Waals surface area contributed by atoms with Crippen molar-refractivity contribution in [1.82, 2.24) is 0 Å². The molecule has 0 aliphatic rings. The Balaban J connectivity index is 2.00. The maximum absolute atomic E-state index is 12.0. The lowest BCUT2D eigenvalue weighted by Crippen LogP contribution is -2.30. The predicted molar refractivity (Wildman–Crippen MR) is 81.6 cm³/mol. The van der Waals surface area contributed by atoms with Crippen LogP contribution in [0.25, 0.3) is 0 Å². The number of nitrogens with one attached hydrogen (secondary N) is 1. The van der Waals surface area contributed by atoms with Crippen LogP contribution in [0.5, 0.6) is 5.75 Å². The summed E-state index contributed by atoms with van der Waals surface area (Å²) in [7, 11) is 0. The molecule has 0 aliphatic heterocycles. The fraction of sp³-hybridized carbons (Fsp3) is 0.133. The molecule has 5 heteroatoms. The largest absolute Gasteiger partial charge is 0.479 e. The molecule has 3 nitrogen and oxygen atoms in total. The van der Waals surface area contributed by atoms with E-state index < -0.39 is 6.10 Å². The topological polar surface area (TPSA) is 38.3 Å². The van der Waals surface area contributed by atoms with Gasteiger partial charge >= 0.3 is 0 Å². The standard InChI is InChI=1S/C15H13Cl2NO2/c1-10(15(19)18-12-5-3-2-4-6-12)20-14-8-7-11(16)9-13(14)17/h2-10H,1H3,(H,18,19)/t10-/m0/s1. The van der Waals surface area contributed by atoms with Crippen LogP contribution in [0.4, 0.5) is 5.69 Å². The highest BCUT2D eigenvalue weighted by Crippen LogP contribution is 2.28. The Morgan fingerprint density at radius 2 is 1.85 bits per heavy atom.